The van der Waals surface area contributed by atoms with Crippen molar-refractivity contribution in [2.45, 2.75) is 26.0 Å². The van der Waals surface area contributed by atoms with Gasteiger partial charge in [-0.1, -0.05) is 66.7 Å². The third kappa shape index (κ3) is 4.94. The van der Waals surface area contributed by atoms with E-state index < -0.39 is 0 Å². The van der Waals surface area contributed by atoms with Crippen molar-refractivity contribution in [1.82, 2.24) is 4.90 Å². The van der Waals surface area contributed by atoms with Gasteiger partial charge in [0.25, 0.3) is 0 Å². The summed E-state index contributed by atoms with van der Waals surface area (Å²) >= 11 is 0. The van der Waals surface area contributed by atoms with E-state index >= 15 is 0 Å². The van der Waals surface area contributed by atoms with Gasteiger partial charge in [0, 0.05) is 25.2 Å². The lowest BCUT2D eigenvalue weighted by atomic mass is 10.00. The summed E-state index contributed by atoms with van der Waals surface area (Å²) in [6.45, 7) is 4.52. The molecule has 0 amide bonds. The van der Waals surface area contributed by atoms with Crippen molar-refractivity contribution >= 4 is 12.2 Å². The molecule has 0 radical (unpaired) electrons. The monoisotopic (exact) mass is 385 g/mol. The number of nitrogens with zero attached hydrogens (tertiary/aromatic N) is 1. The van der Waals surface area contributed by atoms with Crippen LogP contribution in [0.2, 0.25) is 0 Å². The fourth-order valence-electron chi connectivity index (χ4n) is 3.81. The Hall–Kier alpha value is -2.88. The van der Waals surface area contributed by atoms with Crippen LogP contribution in [0.25, 0.3) is 12.2 Å². The van der Waals surface area contributed by atoms with Crippen LogP contribution in [-0.2, 0) is 13.0 Å². The van der Waals surface area contributed by atoms with E-state index in [9.17, 15) is 10.2 Å². The Morgan fingerprint density at radius 1 is 0.862 bits per heavy atom. The number of β-amino-alcohol motifs (C(OH)–C–C–N with tert-alkyl or cyclic N) is 1. The van der Waals surface area contributed by atoms with Crippen molar-refractivity contribution in [3.8, 4) is 5.75 Å². The fourth-order valence-corrected chi connectivity index (χ4v) is 3.81. The van der Waals surface area contributed by atoms with Gasteiger partial charge in [-0.05, 0) is 53.3 Å². The molecule has 0 aliphatic carbocycles. The van der Waals surface area contributed by atoms with Crippen molar-refractivity contribution in [2.75, 3.05) is 13.1 Å². The molecule has 29 heavy (non-hydrogen) atoms. The third-order valence-electron chi connectivity index (χ3n) is 5.46. The van der Waals surface area contributed by atoms with Crippen LogP contribution in [0.4, 0.5) is 0 Å². The normalized spacial score (nSPS) is 15.0. The Kier molecular flexibility index (Phi) is 5.79. The first kappa shape index (κ1) is 19.4. The molecule has 3 aromatic carbocycles. The maximum absolute atomic E-state index is 10.3. The number of phenolic OH excluding ortho intramolecular Hbond substituents is 1. The quantitative estimate of drug-likeness (QED) is 0.608. The summed E-state index contributed by atoms with van der Waals surface area (Å²) in [5.41, 5.74) is 6.88. The summed E-state index contributed by atoms with van der Waals surface area (Å²) in [6.07, 6.45) is 4.73. The van der Waals surface area contributed by atoms with Gasteiger partial charge in [-0.15, -0.1) is 0 Å². The van der Waals surface area contributed by atoms with E-state index in [0.717, 1.165) is 37.2 Å². The summed E-state index contributed by atoms with van der Waals surface area (Å²) < 4.78 is 0. The van der Waals surface area contributed by atoms with E-state index in [1.54, 1.807) is 6.07 Å². The van der Waals surface area contributed by atoms with E-state index in [0.29, 0.717) is 5.75 Å². The van der Waals surface area contributed by atoms with Gasteiger partial charge < -0.3 is 10.2 Å². The smallest absolute Gasteiger partial charge is 0.122 e. The second-order valence-corrected chi connectivity index (χ2v) is 7.93. The Bertz CT molecular complexity index is 1000. The van der Waals surface area contributed by atoms with Gasteiger partial charge in [0.15, 0.2) is 0 Å². The summed E-state index contributed by atoms with van der Waals surface area (Å²) in [6, 6.07) is 22.6. The molecule has 1 saturated heterocycles. The maximum atomic E-state index is 10.3. The topological polar surface area (TPSA) is 43.7 Å². The SMILES string of the molecule is Cc1cc(CN2CC(O)C2)ccc1/C=C/c1cc(Cc2ccccc2)ccc1O. The fraction of sp³-hybridized carbons (Fsp3) is 0.231. The number of aromatic hydroxyl groups is 1. The van der Waals surface area contributed by atoms with Crippen LogP contribution < -0.4 is 0 Å². The third-order valence-corrected chi connectivity index (χ3v) is 5.46. The Morgan fingerprint density at radius 3 is 2.31 bits per heavy atom. The molecule has 0 spiro atoms. The highest BCUT2D eigenvalue weighted by atomic mass is 16.3. The number of likely N-dealkylation sites (tertiary alicyclic amines) is 1. The second kappa shape index (κ2) is 8.64. The zero-order valence-electron chi connectivity index (χ0n) is 16.8. The number of aryl methyl sites for hydroxylation is 1. The van der Waals surface area contributed by atoms with E-state index in [-0.39, 0.29) is 6.10 Å². The van der Waals surface area contributed by atoms with Crippen LogP contribution in [0.3, 0.4) is 0 Å². The molecule has 3 aromatic rings. The van der Waals surface area contributed by atoms with E-state index in [2.05, 4.69) is 54.3 Å². The number of hydrogen-bond acceptors (Lipinski definition) is 3. The highest BCUT2D eigenvalue weighted by Gasteiger charge is 2.23. The lowest BCUT2D eigenvalue weighted by Gasteiger charge is -2.35. The van der Waals surface area contributed by atoms with Crippen molar-refractivity contribution < 1.29 is 10.2 Å². The van der Waals surface area contributed by atoms with Crippen LogP contribution in [0.1, 0.15) is 33.4 Å². The zero-order valence-corrected chi connectivity index (χ0v) is 16.8. The molecule has 148 valence electrons. The number of aliphatic hydroxyl groups is 1. The first-order chi connectivity index (χ1) is 14.1. The van der Waals surface area contributed by atoms with Gasteiger partial charge in [0.05, 0.1) is 6.10 Å². The van der Waals surface area contributed by atoms with E-state index in [4.69, 9.17) is 0 Å². The molecule has 1 fully saturated rings. The first-order valence-electron chi connectivity index (χ1n) is 10.1. The number of rotatable bonds is 6. The zero-order chi connectivity index (χ0) is 20.2. The largest absolute Gasteiger partial charge is 0.507 e. The minimum Gasteiger partial charge on any atom is -0.507 e. The summed E-state index contributed by atoms with van der Waals surface area (Å²) in [7, 11) is 0. The minimum atomic E-state index is -0.163. The van der Waals surface area contributed by atoms with Crippen LogP contribution >= 0.6 is 0 Å². The van der Waals surface area contributed by atoms with Crippen LogP contribution in [0, 0.1) is 6.92 Å². The number of phenols is 1. The van der Waals surface area contributed by atoms with Crippen LogP contribution in [0.15, 0.2) is 66.7 Å². The highest BCUT2D eigenvalue weighted by molar-refractivity contribution is 5.74. The van der Waals surface area contributed by atoms with E-state index in [1.165, 1.54) is 22.3 Å². The summed E-state index contributed by atoms with van der Waals surface area (Å²) in [4.78, 5) is 2.24. The minimum absolute atomic E-state index is 0.163. The van der Waals surface area contributed by atoms with Gasteiger partial charge in [-0.3, -0.25) is 4.90 Å². The Morgan fingerprint density at radius 2 is 1.59 bits per heavy atom. The summed E-state index contributed by atoms with van der Waals surface area (Å²) in [5.74, 6) is 0.295. The van der Waals surface area contributed by atoms with Crippen LogP contribution in [-0.4, -0.2) is 34.3 Å². The average molecular weight is 386 g/mol. The molecule has 0 saturated carbocycles. The van der Waals surface area contributed by atoms with Crippen molar-refractivity contribution in [2.24, 2.45) is 0 Å². The molecular formula is C26H27NO2. The van der Waals surface area contributed by atoms with Gasteiger partial charge in [-0.25, -0.2) is 0 Å². The molecule has 1 aliphatic rings. The maximum Gasteiger partial charge on any atom is 0.122 e. The number of hydrogen-bond donors (Lipinski definition) is 2. The van der Waals surface area contributed by atoms with Crippen molar-refractivity contribution in [3.63, 3.8) is 0 Å². The van der Waals surface area contributed by atoms with E-state index in [1.807, 2.05) is 30.3 Å². The molecule has 0 aromatic heterocycles. The van der Waals surface area contributed by atoms with Gasteiger partial charge in [0.1, 0.15) is 5.75 Å². The molecule has 0 bridgehead atoms. The van der Waals surface area contributed by atoms with Crippen LogP contribution in [0.5, 0.6) is 5.75 Å². The molecule has 3 heteroatoms. The molecule has 2 N–H and O–H groups in total. The van der Waals surface area contributed by atoms with Gasteiger partial charge >= 0.3 is 0 Å². The standard InChI is InChI=1S/C26H27NO2/c1-19-13-22(16-27-17-25(28)18-27)7-9-23(19)10-11-24-15-21(8-12-26(24)29)14-20-5-3-2-4-6-20/h2-13,15,25,28-29H,14,16-18H2,1H3/b11-10+. The predicted molar refractivity (Wildman–Crippen MR) is 119 cm³/mol. The molecule has 0 unspecified atom stereocenters. The number of benzene rings is 3. The predicted octanol–water partition coefficient (Wildman–Crippen LogP) is 4.64. The Balaban J connectivity index is 1.47. The number of aliphatic hydroxyl groups excluding tert-OH is 1. The first-order valence-corrected chi connectivity index (χ1v) is 10.1. The van der Waals surface area contributed by atoms with Gasteiger partial charge in [0.2, 0.25) is 0 Å². The molecular weight excluding hydrogens is 358 g/mol. The molecule has 0 atom stereocenters. The lowest BCUT2D eigenvalue weighted by Crippen LogP contribution is -2.49. The molecule has 1 aliphatic heterocycles. The average Bonchev–Trinajstić information content (AvgIpc) is 2.69. The van der Waals surface area contributed by atoms with Crippen molar-refractivity contribution in [1.29, 1.82) is 0 Å². The highest BCUT2D eigenvalue weighted by Crippen LogP contribution is 2.24. The van der Waals surface area contributed by atoms with Gasteiger partial charge in [-0.2, -0.15) is 0 Å². The summed E-state index contributed by atoms with van der Waals surface area (Å²) in [5, 5.41) is 19.7. The second-order valence-electron chi connectivity index (χ2n) is 7.93. The molecule has 3 nitrogen and oxygen atoms in total. The molecule has 1 heterocycles. The Labute approximate surface area is 172 Å². The lowest BCUT2D eigenvalue weighted by molar-refractivity contribution is -0.00286. The molecule has 4 rings (SSSR count). The van der Waals surface area contributed by atoms with Crippen molar-refractivity contribution in [3.05, 3.63) is 100 Å².